The number of anilines is 2. The van der Waals surface area contributed by atoms with Gasteiger partial charge in [-0.05, 0) is 31.0 Å². The summed E-state index contributed by atoms with van der Waals surface area (Å²) in [5.41, 5.74) is 13.7. The van der Waals surface area contributed by atoms with E-state index >= 15 is 0 Å². The van der Waals surface area contributed by atoms with Gasteiger partial charge in [0, 0.05) is 5.56 Å². The highest BCUT2D eigenvalue weighted by Gasteiger charge is 2.15. The standard InChI is InChI=1S/C22H20N8/c1-12-6-3-4-8-14(12)18-16(27-15-9-5-7-13(2)17(15)28-18)10-24-20-19-21(26-11-25-20)30-22(23)29-19/h3-9,11H,10H2,1-2H3,(H4,23,24,25,26,29,30). The number of para-hydroxylation sites is 1. The number of imidazole rings is 1. The van der Waals surface area contributed by atoms with E-state index in [0.717, 1.165) is 39.1 Å². The molecule has 0 spiro atoms. The van der Waals surface area contributed by atoms with Crippen LogP contribution in [-0.2, 0) is 6.54 Å². The molecule has 30 heavy (non-hydrogen) atoms. The van der Waals surface area contributed by atoms with E-state index in [0.29, 0.717) is 29.5 Å². The van der Waals surface area contributed by atoms with E-state index in [-0.39, 0.29) is 0 Å². The van der Waals surface area contributed by atoms with Crippen molar-refractivity contribution in [3.8, 4) is 11.3 Å². The molecule has 0 aliphatic carbocycles. The Hall–Kier alpha value is -4.07. The van der Waals surface area contributed by atoms with Crippen LogP contribution in [0.2, 0.25) is 0 Å². The first-order valence-corrected chi connectivity index (χ1v) is 9.62. The molecule has 8 heteroatoms. The summed E-state index contributed by atoms with van der Waals surface area (Å²) < 4.78 is 0. The molecule has 0 saturated heterocycles. The third kappa shape index (κ3) is 3.08. The quantitative estimate of drug-likeness (QED) is 0.423. The number of rotatable bonds is 4. The summed E-state index contributed by atoms with van der Waals surface area (Å²) in [6.45, 7) is 4.57. The van der Waals surface area contributed by atoms with Crippen LogP contribution >= 0.6 is 0 Å². The number of H-pyrrole nitrogens is 1. The van der Waals surface area contributed by atoms with Crippen molar-refractivity contribution in [3.63, 3.8) is 0 Å². The molecule has 4 N–H and O–H groups in total. The van der Waals surface area contributed by atoms with Crippen molar-refractivity contribution in [3.05, 3.63) is 65.6 Å². The second kappa shape index (κ2) is 7.07. The molecule has 5 aromatic rings. The second-order valence-electron chi connectivity index (χ2n) is 7.17. The van der Waals surface area contributed by atoms with E-state index in [1.54, 1.807) is 0 Å². The van der Waals surface area contributed by atoms with Crippen LogP contribution in [0.15, 0.2) is 48.8 Å². The molecule has 0 unspecified atom stereocenters. The van der Waals surface area contributed by atoms with E-state index in [2.05, 4.69) is 57.3 Å². The Kier molecular flexibility index (Phi) is 4.24. The number of aryl methyl sites for hydroxylation is 2. The number of hydrogen-bond acceptors (Lipinski definition) is 7. The van der Waals surface area contributed by atoms with Crippen LogP contribution in [0, 0.1) is 13.8 Å². The molecular weight excluding hydrogens is 376 g/mol. The Labute approximate surface area is 172 Å². The Morgan fingerprint density at radius 3 is 2.63 bits per heavy atom. The molecule has 148 valence electrons. The lowest BCUT2D eigenvalue weighted by Gasteiger charge is -2.14. The molecule has 0 amide bonds. The highest BCUT2D eigenvalue weighted by molar-refractivity contribution is 5.85. The van der Waals surface area contributed by atoms with Crippen LogP contribution in [0.4, 0.5) is 11.8 Å². The van der Waals surface area contributed by atoms with Gasteiger partial charge in [-0.1, -0.05) is 36.4 Å². The number of nitrogen functional groups attached to an aromatic ring is 1. The molecule has 2 aromatic carbocycles. The fourth-order valence-corrected chi connectivity index (χ4v) is 3.58. The lowest BCUT2D eigenvalue weighted by Crippen LogP contribution is -2.08. The number of aromatic nitrogens is 6. The zero-order chi connectivity index (χ0) is 20.7. The van der Waals surface area contributed by atoms with Gasteiger partial charge in [-0.25, -0.2) is 19.9 Å². The first kappa shape index (κ1) is 18.0. The maximum atomic E-state index is 5.78. The van der Waals surface area contributed by atoms with Gasteiger partial charge in [-0.15, -0.1) is 0 Å². The first-order chi connectivity index (χ1) is 14.6. The molecule has 0 radical (unpaired) electrons. The van der Waals surface area contributed by atoms with Crippen LogP contribution in [0.25, 0.3) is 33.5 Å². The third-order valence-electron chi connectivity index (χ3n) is 5.10. The van der Waals surface area contributed by atoms with Gasteiger partial charge in [0.2, 0.25) is 0 Å². The molecule has 5 rings (SSSR count). The molecule has 0 atom stereocenters. The van der Waals surface area contributed by atoms with E-state index in [9.17, 15) is 0 Å². The van der Waals surface area contributed by atoms with Crippen LogP contribution in [0.3, 0.4) is 0 Å². The Morgan fingerprint density at radius 1 is 0.933 bits per heavy atom. The summed E-state index contributed by atoms with van der Waals surface area (Å²) in [7, 11) is 0. The monoisotopic (exact) mass is 396 g/mol. The van der Waals surface area contributed by atoms with Crippen molar-refractivity contribution in [2.24, 2.45) is 0 Å². The highest BCUT2D eigenvalue weighted by Crippen LogP contribution is 2.28. The van der Waals surface area contributed by atoms with Crippen LogP contribution in [0.5, 0.6) is 0 Å². The maximum Gasteiger partial charge on any atom is 0.200 e. The van der Waals surface area contributed by atoms with Crippen molar-refractivity contribution >= 4 is 34.0 Å². The summed E-state index contributed by atoms with van der Waals surface area (Å²) in [6.07, 6.45) is 1.46. The number of aromatic amines is 1. The third-order valence-corrected chi connectivity index (χ3v) is 5.10. The van der Waals surface area contributed by atoms with Gasteiger partial charge in [0.15, 0.2) is 17.4 Å². The topological polar surface area (TPSA) is 118 Å². The van der Waals surface area contributed by atoms with Crippen LogP contribution < -0.4 is 11.1 Å². The minimum absolute atomic E-state index is 0.301. The zero-order valence-electron chi connectivity index (χ0n) is 16.6. The van der Waals surface area contributed by atoms with Gasteiger partial charge >= 0.3 is 0 Å². The Morgan fingerprint density at radius 2 is 1.77 bits per heavy atom. The predicted octanol–water partition coefficient (Wildman–Crippen LogP) is 3.77. The predicted molar refractivity (Wildman–Crippen MR) is 118 cm³/mol. The van der Waals surface area contributed by atoms with E-state index in [4.69, 9.17) is 15.7 Å². The fraction of sp³-hybridized carbons (Fsp3) is 0.136. The first-order valence-electron chi connectivity index (χ1n) is 9.62. The molecule has 0 aliphatic rings. The summed E-state index contributed by atoms with van der Waals surface area (Å²) in [6, 6.07) is 14.2. The maximum absolute atomic E-state index is 5.78. The van der Waals surface area contributed by atoms with Crippen molar-refractivity contribution in [2.45, 2.75) is 20.4 Å². The Balaban J connectivity index is 1.62. The second-order valence-corrected chi connectivity index (χ2v) is 7.17. The summed E-state index contributed by atoms with van der Waals surface area (Å²) >= 11 is 0. The van der Waals surface area contributed by atoms with E-state index < -0.39 is 0 Å². The number of nitrogens with zero attached hydrogens (tertiary/aromatic N) is 5. The number of nitrogens with two attached hydrogens (primary N) is 1. The lowest BCUT2D eigenvalue weighted by molar-refractivity contribution is 1.02. The fourth-order valence-electron chi connectivity index (χ4n) is 3.58. The van der Waals surface area contributed by atoms with Crippen LogP contribution in [-0.4, -0.2) is 29.9 Å². The molecular formula is C22H20N8. The van der Waals surface area contributed by atoms with Gasteiger partial charge in [0.05, 0.1) is 29.0 Å². The molecule has 8 nitrogen and oxygen atoms in total. The molecule has 3 heterocycles. The summed E-state index contributed by atoms with van der Waals surface area (Å²) in [5.74, 6) is 0.918. The summed E-state index contributed by atoms with van der Waals surface area (Å²) in [5, 5.41) is 3.35. The van der Waals surface area contributed by atoms with Crippen molar-refractivity contribution < 1.29 is 0 Å². The van der Waals surface area contributed by atoms with Crippen molar-refractivity contribution in [1.29, 1.82) is 0 Å². The van der Waals surface area contributed by atoms with E-state index in [1.807, 2.05) is 24.3 Å². The van der Waals surface area contributed by atoms with Gasteiger partial charge < -0.3 is 16.0 Å². The van der Waals surface area contributed by atoms with Crippen LogP contribution in [0.1, 0.15) is 16.8 Å². The average molecular weight is 396 g/mol. The molecule has 3 aromatic heterocycles. The van der Waals surface area contributed by atoms with E-state index in [1.165, 1.54) is 6.33 Å². The van der Waals surface area contributed by atoms with Crippen molar-refractivity contribution in [1.82, 2.24) is 29.9 Å². The Bertz CT molecular complexity index is 1390. The number of fused-ring (bicyclic) bond motifs is 2. The summed E-state index contributed by atoms with van der Waals surface area (Å²) in [4.78, 5) is 25.6. The van der Waals surface area contributed by atoms with Crippen molar-refractivity contribution in [2.75, 3.05) is 11.1 Å². The number of hydrogen-bond donors (Lipinski definition) is 3. The lowest BCUT2D eigenvalue weighted by atomic mass is 10.0. The number of benzene rings is 2. The zero-order valence-corrected chi connectivity index (χ0v) is 16.6. The molecule has 0 bridgehead atoms. The molecule has 0 saturated carbocycles. The highest BCUT2D eigenvalue weighted by atomic mass is 15.1. The largest absolute Gasteiger partial charge is 0.369 e. The number of nitrogens with one attached hydrogen (secondary N) is 2. The smallest absolute Gasteiger partial charge is 0.200 e. The minimum atomic E-state index is 0.301. The minimum Gasteiger partial charge on any atom is -0.369 e. The normalized spacial score (nSPS) is 11.3. The molecule has 0 fully saturated rings. The van der Waals surface area contributed by atoms with Gasteiger partial charge in [-0.2, -0.15) is 4.98 Å². The van der Waals surface area contributed by atoms with Gasteiger partial charge in [0.25, 0.3) is 0 Å². The van der Waals surface area contributed by atoms with Gasteiger partial charge in [-0.3, -0.25) is 0 Å². The van der Waals surface area contributed by atoms with Gasteiger partial charge in [0.1, 0.15) is 11.8 Å². The SMILES string of the molecule is Cc1ccccc1-c1nc2c(C)cccc2nc1CNc1ncnc2nc(N)[nH]c12. The molecule has 0 aliphatic heterocycles. The average Bonchev–Trinajstić information content (AvgIpc) is 3.13.